The van der Waals surface area contributed by atoms with E-state index < -0.39 is 0 Å². The van der Waals surface area contributed by atoms with Crippen molar-refractivity contribution in [2.45, 2.75) is 6.10 Å². The van der Waals surface area contributed by atoms with Crippen molar-refractivity contribution in [3.05, 3.63) is 60.2 Å². The van der Waals surface area contributed by atoms with E-state index in [1.807, 2.05) is 54.6 Å². The van der Waals surface area contributed by atoms with E-state index in [-0.39, 0.29) is 18.6 Å². The summed E-state index contributed by atoms with van der Waals surface area (Å²) in [5.41, 5.74) is 0.999. The molecule has 1 heterocycles. The Morgan fingerprint density at radius 1 is 1.05 bits per heavy atom. The number of rotatable bonds is 3. The number of amides is 1. The molecule has 1 aliphatic rings. The lowest BCUT2D eigenvalue weighted by Gasteiger charge is -2.23. The fourth-order valence-electron chi connectivity index (χ4n) is 2.11. The molecule has 0 radical (unpaired) electrons. The van der Waals surface area contributed by atoms with Crippen molar-refractivity contribution in [3.63, 3.8) is 0 Å². The van der Waals surface area contributed by atoms with Crippen LogP contribution >= 0.6 is 0 Å². The number of hydrogen-bond donors (Lipinski definition) is 1. The average molecular weight is 269 g/mol. The fraction of sp³-hybridized carbons (Fsp3) is 0.188. The van der Waals surface area contributed by atoms with E-state index >= 15 is 0 Å². The van der Waals surface area contributed by atoms with E-state index in [9.17, 15) is 4.79 Å². The molecule has 1 N–H and O–H groups in total. The van der Waals surface area contributed by atoms with Crippen molar-refractivity contribution in [3.8, 4) is 11.5 Å². The van der Waals surface area contributed by atoms with Crippen LogP contribution in [-0.4, -0.2) is 19.1 Å². The first-order valence-corrected chi connectivity index (χ1v) is 6.52. The first-order valence-electron chi connectivity index (χ1n) is 6.52. The monoisotopic (exact) mass is 269 g/mol. The number of carbonyl (C=O) groups is 1. The van der Waals surface area contributed by atoms with Gasteiger partial charge in [0.15, 0.2) is 0 Å². The molecule has 0 unspecified atom stereocenters. The van der Waals surface area contributed by atoms with E-state index in [1.54, 1.807) is 0 Å². The highest BCUT2D eigenvalue weighted by Gasteiger charge is 2.20. The van der Waals surface area contributed by atoms with Gasteiger partial charge < -0.3 is 14.8 Å². The number of hydrogen-bond acceptors (Lipinski definition) is 3. The maximum atomic E-state index is 11.1. The molecule has 1 amide bonds. The predicted molar refractivity (Wildman–Crippen MR) is 74.7 cm³/mol. The lowest BCUT2D eigenvalue weighted by atomic mass is 10.1. The number of carbonyl (C=O) groups excluding carboxylic acids is 1. The molecule has 1 fully saturated rings. The van der Waals surface area contributed by atoms with E-state index in [4.69, 9.17) is 9.47 Å². The quantitative estimate of drug-likeness (QED) is 0.932. The summed E-state index contributed by atoms with van der Waals surface area (Å²) in [6.45, 7) is 0.599. The van der Waals surface area contributed by atoms with Crippen LogP contribution in [0.15, 0.2) is 54.6 Å². The Morgan fingerprint density at radius 3 is 2.60 bits per heavy atom. The van der Waals surface area contributed by atoms with E-state index in [1.165, 1.54) is 0 Å². The van der Waals surface area contributed by atoms with Gasteiger partial charge in [-0.05, 0) is 29.8 Å². The molecule has 1 atom stereocenters. The molecule has 0 aromatic heterocycles. The number of para-hydroxylation sites is 1. The largest absolute Gasteiger partial charge is 0.457 e. The molecule has 20 heavy (non-hydrogen) atoms. The molecule has 0 saturated carbocycles. The summed E-state index contributed by atoms with van der Waals surface area (Å²) in [4.78, 5) is 11.1. The third-order valence-electron chi connectivity index (χ3n) is 3.11. The number of benzene rings is 2. The summed E-state index contributed by atoms with van der Waals surface area (Å²) in [5, 5.41) is 2.79. The van der Waals surface area contributed by atoms with E-state index in [2.05, 4.69) is 5.32 Å². The second-order valence-electron chi connectivity index (χ2n) is 4.59. The number of morpholine rings is 1. The van der Waals surface area contributed by atoms with Gasteiger partial charge in [-0.3, -0.25) is 4.79 Å². The maximum Gasteiger partial charge on any atom is 0.246 e. The van der Waals surface area contributed by atoms with Crippen LogP contribution in [0.25, 0.3) is 0 Å². The van der Waals surface area contributed by atoms with Crippen molar-refractivity contribution in [1.82, 2.24) is 5.32 Å². The first kappa shape index (κ1) is 12.7. The van der Waals surface area contributed by atoms with Crippen LogP contribution in [0.4, 0.5) is 0 Å². The first-order chi connectivity index (χ1) is 9.81. The average Bonchev–Trinajstić information content (AvgIpc) is 2.49. The van der Waals surface area contributed by atoms with Crippen LogP contribution in [-0.2, 0) is 9.53 Å². The second-order valence-corrected chi connectivity index (χ2v) is 4.59. The maximum absolute atomic E-state index is 11.1. The SMILES string of the molecule is O=C1CO[C@@H](c2cccc(Oc3ccccc3)c2)CN1. The molecule has 0 aliphatic carbocycles. The van der Waals surface area contributed by atoms with Crippen molar-refractivity contribution in [2.75, 3.05) is 13.2 Å². The van der Waals surface area contributed by atoms with Gasteiger partial charge in [-0.1, -0.05) is 30.3 Å². The minimum Gasteiger partial charge on any atom is -0.457 e. The van der Waals surface area contributed by atoms with Gasteiger partial charge in [-0.25, -0.2) is 0 Å². The highest BCUT2D eigenvalue weighted by atomic mass is 16.5. The Hall–Kier alpha value is -2.33. The molecule has 2 aromatic carbocycles. The van der Waals surface area contributed by atoms with Crippen LogP contribution in [0.1, 0.15) is 11.7 Å². The van der Waals surface area contributed by atoms with Crippen molar-refractivity contribution < 1.29 is 14.3 Å². The normalized spacial score (nSPS) is 18.4. The summed E-state index contributed by atoms with van der Waals surface area (Å²) in [7, 11) is 0. The molecule has 4 heteroatoms. The summed E-state index contributed by atoms with van der Waals surface area (Å²) < 4.78 is 11.3. The summed E-state index contributed by atoms with van der Waals surface area (Å²) in [6.07, 6.45) is -0.118. The number of ether oxygens (including phenoxy) is 2. The van der Waals surface area contributed by atoms with Crippen molar-refractivity contribution >= 4 is 5.91 Å². The highest BCUT2D eigenvalue weighted by molar-refractivity contribution is 5.77. The lowest BCUT2D eigenvalue weighted by molar-refractivity contribution is -0.133. The summed E-state index contributed by atoms with van der Waals surface area (Å²) >= 11 is 0. The van der Waals surface area contributed by atoms with Gasteiger partial charge in [-0.2, -0.15) is 0 Å². The highest BCUT2D eigenvalue weighted by Crippen LogP contribution is 2.26. The van der Waals surface area contributed by atoms with Gasteiger partial charge in [0.1, 0.15) is 24.2 Å². The fourth-order valence-corrected chi connectivity index (χ4v) is 2.11. The van der Waals surface area contributed by atoms with Gasteiger partial charge >= 0.3 is 0 Å². The molecule has 4 nitrogen and oxygen atoms in total. The zero-order chi connectivity index (χ0) is 13.8. The topological polar surface area (TPSA) is 47.6 Å². The van der Waals surface area contributed by atoms with Crippen LogP contribution in [0.2, 0.25) is 0 Å². The van der Waals surface area contributed by atoms with Crippen molar-refractivity contribution in [2.24, 2.45) is 0 Å². The molecule has 2 aromatic rings. The van der Waals surface area contributed by atoms with Gasteiger partial charge in [0.2, 0.25) is 5.91 Å². The molecule has 0 bridgehead atoms. The van der Waals surface area contributed by atoms with Gasteiger partial charge in [-0.15, -0.1) is 0 Å². The third kappa shape index (κ3) is 2.97. The minimum absolute atomic E-state index is 0.0714. The third-order valence-corrected chi connectivity index (χ3v) is 3.11. The Balaban J connectivity index is 1.74. The molecular formula is C16H15NO3. The van der Waals surface area contributed by atoms with Gasteiger partial charge in [0, 0.05) is 6.54 Å². The van der Waals surface area contributed by atoms with Crippen LogP contribution in [0.5, 0.6) is 11.5 Å². The Kier molecular flexibility index (Phi) is 3.65. The Bertz CT molecular complexity index is 588. The molecular weight excluding hydrogens is 254 g/mol. The standard InChI is InChI=1S/C16H15NO3/c18-16-11-19-15(10-17-16)12-5-4-8-14(9-12)20-13-6-2-1-3-7-13/h1-9,15H,10-11H2,(H,17,18)/t15-/m1/s1. The van der Waals surface area contributed by atoms with Gasteiger partial charge in [0.05, 0.1) is 0 Å². The van der Waals surface area contributed by atoms with E-state index in [0.717, 1.165) is 17.1 Å². The van der Waals surface area contributed by atoms with E-state index in [0.29, 0.717) is 6.54 Å². The zero-order valence-electron chi connectivity index (χ0n) is 10.9. The Labute approximate surface area is 117 Å². The lowest BCUT2D eigenvalue weighted by Crippen LogP contribution is -2.38. The van der Waals surface area contributed by atoms with Crippen LogP contribution in [0, 0.1) is 0 Å². The predicted octanol–water partition coefficient (Wildman–Crippen LogP) is 2.67. The molecule has 102 valence electrons. The number of nitrogens with one attached hydrogen (secondary N) is 1. The molecule has 3 rings (SSSR count). The van der Waals surface area contributed by atoms with Crippen LogP contribution < -0.4 is 10.1 Å². The van der Waals surface area contributed by atoms with Crippen LogP contribution in [0.3, 0.4) is 0 Å². The molecule has 1 aliphatic heterocycles. The Morgan fingerprint density at radius 2 is 1.85 bits per heavy atom. The van der Waals surface area contributed by atoms with Gasteiger partial charge in [0.25, 0.3) is 0 Å². The van der Waals surface area contributed by atoms with Crippen molar-refractivity contribution in [1.29, 1.82) is 0 Å². The minimum atomic E-state index is -0.118. The summed E-state index contributed by atoms with van der Waals surface area (Å²) in [6, 6.07) is 17.4. The molecule has 1 saturated heterocycles. The summed E-state index contributed by atoms with van der Waals surface area (Å²) in [5.74, 6) is 1.48. The smallest absolute Gasteiger partial charge is 0.246 e. The second kappa shape index (κ2) is 5.75. The zero-order valence-corrected chi connectivity index (χ0v) is 10.9. The molecule has 0 spiro atoms.